The Morgan fingerprint density at radius 2 is 1.77 bits per heavy atom. The molecule has 2 saturated heterocycles. The number of piperidine rings is 2. The highest BCUT2D eigenvalue weighted by Crippen LogP contribution is 2.24. The van der Waals surface area contributed by atoms with Crippen molar-refractivity contribution in [3.05, 3.63) is 29.8 Å². The lowest BCUT2D eigenvalue weighted by Crippen LogP contribution is -2.51. The third-order valence-corrected chi connectivity index (χ3v) is 6.61. The highest BCUT2D eigenvalue weighted by atomic mass is 32.1. The van der Waals surface area contributed by atoms with Crippen molar-refractivity contribution in [2.75, 3.05) is 43.5 Å². The highest BCUT2D eigenvalue weighted by molar-refractivity contribution is 7.13. The highest BCUT2D eigenvalue weighted by Gasteiger charge is 2.29. The lowest BCUT2D eigenvalue weighted by atomic mass is 9.96. The van der Waals surface area contributed by atoms with Gasteiger partial charge in [-0.3, -0.25) is 4.79 Å². The fourth-order valence-corrected chi connectivity index (χ4v) is 4.57. The van der Waals surface area contributed by atoms with Crippen molar-refractivity contribution in [2.45, 2.75) is 31.7 Å². The number of amides is 3. The van der Waals surface area contributed by atoms with Crippen LogP contribution in [0.1, 0.15) is 25.7 Å². The van der Waals surface area contributed by atoms with Crippen LogP contribution in [0.2, 0.25) is 0 Å². The molecule has 3 amide bonds. The quantitative estimate of drug-likeness (QED) is 0.735. The van der Waals surface area contributed by atoms with E-state index in [-0.39, 0.29) is 23.9 Å². The Kier molecular flexibility index (Phi) is 6.86. The topological polar surface area (TPSA) is 99.7 Å². The van der Waals surface area contributed by atoms with Gasteiger partial charge in [-0.05, 0) is 49.9 Å². The molecule has 0 aliphatic carbocycles. The first kappa shape index (κ1) is 21.4. The van der Waals surface area contributed by atoms with Gasteiger partial charge in [0.1, 0.15) is 11.3 Å². The predicted molar refractivity (Wildman–Crippen MR) is 120 cm³/mol. The number of carbonyl (C=O) groups is 2. The fraction of sp³-hybridized carbons (Fsp3) is 0.524. The molecular weight excluding hydrogens is 416 g/mol. The molecule has 0 atom stereocenters. The van der Waals surface area contributed by atoms with Crippen molar-refractivity contribution >= 4 is 34.1 Å². The minimum Gasteiger partial charge on any atom is -0.497 e. The fourth-order valence-electron chi connectivity index (χ4n) is 4.12. The van der Waals surface area contributed by atoms with E-state index in [1.165, 1.54) is 17.0 Å². The molecule has 0 unspecified atom stereocenters. The van der Waals surface area contributed by atoms with E-state index in [9.17, 15) is 9.59 Å². The molecule has 2 N–H and O–H groups in total. The van der Waals surface area contributed by atoms with Gasteiger partial charge in [-0.1, -0.05) is 11.3 Å². The molecule has 31 heavy (non-hydrogen) atoms. The number of hydrogen-bond acceptors (Lipinski definition) is 7. The Labute approximate surface area is 185 Å². The van der Waals surface area contributed by atoms with Crippen LogP contribution in [0.25, 0.3) is 0 Å². The maximum atomic E-state index is 12.7. The summed E-state index contributed by atoms with van der Waals surface area (Å²) in [6.07, 6.45) is 3.15. The van der Waals surface area contributed by atoms with E-state index in [0.29, 0.717) is 31.1 Å². The van der Waals surface area contributed by atoms with E-state index in [2.05, 4.69) is 37.9 Å². The van der Waals surface area contributed by atoms with Crippen LogP contribution in [0.5, 0.6) is 5.75 Å². The Balaban J connectivity index is 1.18. The number of nitrogens with zero attached hydrogens (tertiary/aromatic N) is 4. The third-order valence-electron chi connectivity index (χ3n) is 6.00. The maximum absolute atomic E-state index is 12.7. The molecule has 0 saturated carbocycles. The summed E-state index contributed by atoms with van der Waals surface area (Å²) in [7, 11) is 1.67. The first-order valence-electron chi connectivity index (χ1n) is 10.6. The van der Waals surface area contributed by atoms with Gasteiger partial charge in [-0.15, -0.1) is 10.2 Å². The second kappa shape index (κ2) is 9.95. The summed E-state index contributed by atoms with van der Waals surface area (Å²) < 4.78 is 5.22. The second-order valence-electron chi connectivity index (χ2n) is 7.90. The number of nitrogens with one attached hydrogen (secondary N) is 2. The molecule has 0 bridgehead atoms. The van der Waals surface area contributed by atoms with Gasteiger partial charge in [0, 0.05) is 43.8 Å². The summed E-state index contributed by atoms with van der Waals surface area (Å²) in [6, 6.07) is 8.25. The van der Waals surface area contributed by atoms with E-state index >= 15 is 0 Å². The minimum atomic E-state index is -0.0966. The number of benzene rings is 1. The third kappa shape index (κ3) is 5.43. The summed E-state index contributed by atoms with van der Waals surface area (Å²) >= 11 is 1.30. The lowest BCUT2D eigenvalue weighted by molar-refractivity contribution is -0.121. The molecule has 166 valence electrons. The zero-order valence-electron chi connectivity index (χ0n) is 17.6. The molecule has 1 aromatic heterocycles. The van der Waals surface area contributed by atoms with Crippen molar-refractivity contribution in [1.29, 1.82) is 0 Å². The monoisotopic (exact) mass is 444 g/mol. The summed E-state index contributed by atoms with van der Waals surface area (Å²) in [5, 5.41) is 14.1. The van der Waals surface area contributed by atoms with Gasteiger partial charge in [-0.2, -0.15) is 0 Å². The number of ether oxygens (including phenoxy) is 1. The molecule has 10 heteroatoms. The van der Waals surface area contributed by atoms with Crippen molar-refractivity contribution in [1.82, 2.24) is 20.4 Å². The Morgan fingerprint density at radius 1 is 1.06 bits per heavy atom. The molecule has 0 radical (unpaired) electrons. The lowest BCUT2D eigenvalue weighted by Gasteiger charge is -2.36. The van der Waals surface area contributed by atoms with Crippen LogP contribution in [-0.2, 0) is 4.79 Å². The summed E-state index contributed by atoms with van der Waals surface area (Å²) in [6.45, 7) is 2.99. The van der Waals surface area contributed by atoms with Crippen molar-refractivity contribution in [2.24, 2.45) is 5.92 Å². The van der Waals surface area contributed by atoms with Crippen LogP contribution in [0.15, 0.2) is 29.8 Å². The average Bonchev–Trinajstić information content (AvgIpc) is 3.33. The van der Waals surface area contributed by atoms with Crippen LogP contribution < -0.4 is 20.3 Å². The number of methoxy groups -OCH3 is 1. The number of aromatic nitrogens is 2. The molecule has 0 spiro atoms. The number of urea groups is 1. The van der Waals surface area contributed by atoms with E-state index in [4.69, 9.17) is 4.74 Å². The van der Waals surface area contributed by atoms with Crippen molar-refractivity contribution < 1.29 is 14.3 Å². The molecule has 2 fully saturated rings. The molecule has 9 nitrogen and oxygen atoms in total. The number of carbonyl (C=O) groups excluding carboxylic acids is 2. The first-order valence-corrected chi connectivity index (χ1v) is 11.5. The number of likely N-dealkylation sites (tertiary alicyclic amines) is 1. The van der Waals surface area contributed by atoms with Gasteiger partial charge in [0.2, 0.25) is 11.0 Å². The van der Waals surface area contributed by atoms with Gasteiger partial charge in [0.05, 0.1) is 7.11 Å². The minimum absolute atomic E-state index is 0.0223. The van der Waals surface area contributed by atoms with Gasteiger partial charge in [0.15, 0.2) is 0 Å². The van der Waals surface area contributed by atoms with Gasteiger partial charge in [-0.25, -0.2) is 4.79 Å². The zero-order valence-corrected chi connectivity index (χ0v) is 18.4. The number of anilines is 2. The first-order chi connectivity index (χ1) is 15.1. The van der Waals surface area contributed by atoms with Gasteiger partial charge >= 0.3 is 6.03 Å². The number of rotatable bonds is 5. The van der Waals surface area contributed by atoms with Crippen LogP contribution in [0.4, 0.5) is 15.6 Å². The number of hydrogen-bond donors (Lipinski definition) is 2. The molecule has 4 rings (SSSR count). The van der Waals surface area contributed by atoms with Crippen LogP contribution in [-0.4, -0.2) is 66.4 Å². The van der Waals surface area contributed by atoms with Crippen LogP contribution in [0.3, 0.4) is 0 Å². The van der Waals surface area contributed by atoms with E-state index < -0.39 is 0 Å². The standard InChI is InChI=1S/C21H28N6O3S/c1-30-18-4-2-17(3-5-18)26-12-8-16(9-13-26)23-21(29)27-10-6-15(7-11-27)19(28)24-20-25-22-14-31-20/h2-5,14-16H,6-13H2,1H3,(H,23,29)(H,24,25,28). The average molecular weight is 445 g/mol. The molecule has 1 aromatic carbocycles. The Morgan fingerprint density at radius 3 is 2.39 bits per heavy atom. The Bertz CT molecular complexity index is 860. The second-order valence-corrected chi connectivity index (χ2v) is 8.74. The SMILES string of the molecule is COc1ccc(N2CCC(NC(=O)N3CCC(C(=O)Nc4nncs4)CC3)CC2)cc1. The van der Waals surface area contributed by atoms with Crippen molar-refractivity contribution in [3.63, 3.8) is 0 Å². The van der Waals surface area contributed by atoms with Crippen LogP contribution >= 0.6 is 11.3 Å². The summed E-state index contributed by atoms with van der Waals surface area (Å²) in [5.41, 5.74) is 2.77. The predicted octanol–water partition coefficient (Wildman–Crippen LogP) is 2.58. The van der Waals surface area contributed by atoms with Crippen molar-refractivity contribution in [3.8, 4) is 5.75 Å². The van der Waals surface area contributed by atoms with Gasteiger partial charge < -0.3 is 25.2 Å². The largest absolute Gasteiger partial charge is 0.497 e. The molecule has 2 aliphatic heterocycles. The zero-order chi connectivity index (χ0) is 21.6. The van der Waals surface area contributed by atoms with Gasteiger partial charge in [0.25, 0.3) is 0 Å². The molecule has 2 aliphatic rings. The van der Waals surface area contributed by atoms with E-state index in [1.54, 1.807) is 12.6 Å². The summed E-state index contributed by atoms with van der Waals surface area (Å²) in [5.74, 6) is 0.718. The smallest absolute Gasteiger partial charge is 0.317 e. The van der Waals surface area contributed by atoms with E-state index in [0.717, 1.165) is 31.7 Å². The van der Waals surface area contributed by atoms with E-state index in [1.807, 2.05) is 17.0 Å². The summed E-state index contributed by atoms with van der Waals surface area (Å²) in [4.78, 5) is 29.2. The Hall–Kier alpha value is -2.88. The molecule has 2 aromatic rings. The molecule has 3 heterocycles. The maximum Gasteiger partial charge on any atom is 0.317 e. The van der Waals surface area contributed by atoms with Crippen LogP contribution in [0, 0.1) is 5.92 Å². The normalized spacial score (nSPS) is 18.0. The molecular formula is C21H28N6O3S.